The molecule has 98 valence electrons. The second-order valence-electron chi connectivity index (χ2n) is 4.04. The van der Waals surface area contributed by atoms with E-state index in [2.05, 4.69) is 10.5 Å². The number of hydrogen-bond acceptors (Lipinski definition) is 3. The van der Waals surface area contributed by atoms with E-state index >= 15 is 0 Å². The van der Waals surface area contributed by atoms with Gasteiger partial charge in [-0.05, 0) is 37.6 Å². The minimum atomic E-state index is -0.292. The third kappa shape index (κ3) is 3.23. The average molecular weight is 277 g/mol. The highest BCUT2D eigenvalue weighted by Crippen LogP contribution is 2.11. The highest BCUT2D eigenvalue weighted by atomic mass is 35.5. The van der Waals surface area contributed by atoms with Crippen LogP contribution in [0.15, 0.2) is 46.1 Å². The fraction of sp³-hybridized carbons (Fsp3) is 0.143. The van der Waals surface area contributed by atoms with Crippen LogP contribution in [-0.4, -0.2) is 11.6 Å². The zero-order valence-electron chi connectivity index (χ0n) is 10.6. The first-order valence-electron chi connectivity index (χ1n) is 5.72. The molecule has 2 rings (SSSR count). The number of hydrogen-bond donors (Lipinski definition) is 1. The molecule has 1 aromatic heterocycles. The SMILES string of the molecule is C/C(=N/NC(=O)c1ccoc1C)c1ccc(Cl)cc1. The Morgan fingerprint density at radius 2 is 1.95 bits per heavy atom. The van der Waals surface area contributed by atoms with Crippen molar-refractivity contribution >= 4 is 23.2 Å². The van der Waals surface area contributed by atoms with Crippen LogP contribution in [0, 0.1) is 6.92 Å². The molecule has 0 aliphatic carbocycles. The first kappa shape index (κ1) is 13.4. The lowest BCUT2D eigenvalue weighted by Gasteiger charge is -2.02. The lowest BCUT2D eigenvalue weighted by atomic mass is 10.1. The quantitative estimate of drug-likeness (QED) is 0.690. The normalized spacial score (nSPS) is 11.4. The molecule has 0 aliphatic heterocycles. The van der Waals surface area contributed by atoms with Crippen molar-refractivity contribution in [3.05, 3.63) is 58.5 Å². The number of nitrogens with zero attached hydrogens (tertiary/aromatic N) is 1. The van der Waals surface area contributed by atoms with Crippen LogP contribution < -0.4 is 5.43 Å². The van der Waals surface area contributed by atoms with Crippen LogP contribution in [0.2, 0.25) is 5.02 Å². The Morgan fingerprint density at radius 3 is 2.53 bits per heavy atom. The van der Waals surface area contributed by atoms with Gasteiger partial charge in [0.15, 0.2) is 0 Å². The van der Waals surface area contributed by atoms with Crippen molar-refractivity contribution in [2.45, 2.75) is 13.8 Å². The summed E-state index contributed by atoms with van der Waals surface area (Å²) in [6.45, 7) is 3.54. The molecular weight excluding hydrogens is 264 g/mol. The summed E-state index contributed by atoms with van der Waals surface area (Å²) in [5.74, 6) is 0.274. The molecule has 0 saturated heterocycles. The molecule has 0 bridgehead atoms. The van der Waals surface area contributed by atoms with Crippen molar-refractivity contribution in [3.63, 3.8) is 0 Å². The molecule has 0 saturated carbocycles. The number of benzene rings is 1. The summed E-state index contributed by atoms with van der Waals surface area (Å²) in [4.78, 5) is 11.8. The van der Waals surface area contributed by atoms with Crippen LogP contribution in [-0.2, 0) is 0 Å². The van der Waals surface area contributed by atoms with E-state index in [1.54, 1.807) is 25.1 Å². The smallest absolute Gasteiger partial charge is 0.274 e. The Bertz CT molecular complexity index is 615. The largest absolute Gasteiger partial charge is 0.469 e. The molecule has 0 atom stereocenters. The van der Waals surface area contributed by atoms with Crippen molar-refractivity contribution in [2.75, 3.05) is 0 Å². The van der Waals surface area contributed by atoms with Crippen LogP contribution in [0.25, 0.3) is 0 Å². The Kier molecular flexibility index (Phi) is 4.02. The number of furan rings is 1. The maximum atomic E-state index is 11.8. The molecule has 0 unspecified atom stereocenters. The zero-order valence-corrected chi connectivity index (χ0v) is 11.4. The molecule has 0 fully saturated rings. The lowest BCUT2D eigenvalue weighted by molar-refractivity contribution is 0.0953. The van der Waals surface area contributed by atoms with Gasteiger partial charge in [0.2, 0.25) is 0 Å². The van der Waals surface area contributed by atoms with Gasteiger partial charge >= 0.3 is 0 Å². The third-order valence-corrected chi connectivity index (χ3v) is 2.94. The molecule has 5 heteroatoms. The van der Waals surface area contributed by atoms with Crippen LogP contribution >= 0.6 is 11.6 Å². The molecule has 0 spiro atoms. The predicted molar refractivity (Wildman–Crippen MR) is 74.6 cm³/mol. The number of hydrazone groups is 1. The van der Waals surface area contributed by atoms with Gasteiger partial charge in [-0.1, -0.05) is 23.7 Å². The molecule has 4 nitrogen and oxygen atoms in total. The molecule has 1 heterocycles. The Morgan fingerprint density at radius 1 is 1.26 bits per heavy atom. The van der Waals surface area contributed by atoms with E-state index in [4.69, 9.17) is 16.0 Å². The summed E-state index contributed by atoms with van der Waals surface area (Å²) in [6, 6.07) is 8.85. The average Bonchev–Trinajstić information content (AvgIpc) is 2.83. The number of aryl methyl sites for hydroxylation is 1. The summed E-state index contributed by atoms with van der Waals surface area (Å²) >= 11 is 5.81. The van der Waals surface area contributed by atoms with Crippen LogP contribution in [0.3, 0.4) is 0 Å². The molecule has 19 heavy (non-hydrogen) atoms. The van der Waals surface area contributed by atoms with Gasteiger partial charge in [0.1, 0.15) is 5.76 Å². The molecule has 2 aromatic rings. The number of halogens is 1. The van der Waals surface area contributed by atoms with Crippen molar-refractivity contribution in [2.24, 2.45) is 5.10 Å². The second kappa shape index (κ2) is 5.71. The van der Waals surface area contributed by atoms with Gasteiger partial charge in [0, 0.05) is 5.02 Å². The number of carbonyl (C=O) groups excluding carboxylic acids is 1. The Balaban J connectivity index is 2.08. The fourth-order valence-electron chi connectivity index (χ4n) is 1.57. The van der Waals surface area contributed by atoms with E-state index in [1.165, 1.54) is 6.26 Å². The number of amides is 1. The Hall–Kier alpha value is -2.07. The highest BCUT2D eigenvalue weighted by molar-refractivity contribution is 6.30. The van der Waals surface area contributed by atoms with Gasteiger partial charge in [-0.15, -0.1) is 0 Å². The van der Waals surface area contributed by atoms with Crippen LogP contribution in [0.5, 0.6) is 0 Å². The van der Waals surface area contributed by atoms with Crippen LogP contribution in [0.4, 0.5) is 0 Å². The molecule has 1 N–H and O–H groups in total. The minimum Gasteiger partial charge on any atom is -0.469 e. The van der Waals surface area contributed by atoms with Gasteiger partial charge in [-0.25, -0.2) is 5.43 Å². The van der Waals surface area contributed by atoms with Gasteiger partial charge < -0.3 is 4.42 Å². The lowest BCUT2D eigenvalue weighted by Crippen LogP contribution is -2.19. The molecule has 0 aliphatic rings. The maximum Gasteiger partial charge on any atom is 0.274 e. The van der Waals surface area contributed by atoms with Gasteiger partial charge in [-0.2, -0.15) is 5.10 Å². The first-order chi connectivity index (χ1) is 9.08. The topological polar surface area (TPSA) is 54.6 Å². The standard InChI is InChI=1S/C14H13ClN2O2/c1-9(11-3-5-12(15)6-4-11)16-17-14(18)13-7-8-19-10(13)2/h3-8H,1-2H3,(H,17,18)/b16-9-. The van der Waals surface area contributed by atoms with E-state index in [0.29, 0.717) is 22.1 Å². The van der Waals surface area contributed by atoms with Gasteiger partial charge in [0.05, 0.1) is 17.5 Å². The first-order valence-corrected chi connectivity index (χ1v) is 6.10. The summed E-state index contributed by atoms with van der Waals surface area (Å²) in [5, 5.41) is 4.72. The van der Waals surface area contributed by atoms with E-state index in [-0.39, 0.29) is 5.91 Å². The monoisotopic (exact) mass is 276 g/mol. The maximum absolute atomic E-state index is 11.8. The van der Waals surface area contributed by atoms with E-state index in [9.17, 15) is 4.79 Å². The second-order valence-corrected chi connectivity index (χ2v) is 4.47. The van der Waals surface area contributed by atoms with E-state index in [1.807, 2.05) is 19.1 Å². The van der Waals surface area contributed by atoms with Crippen molar-refractivity contribution in [1.29, 1.82) is 0 Å². The van der Waals surface area contributed by atoms with Gasteiger partial charge in [-0.3, -0.25) is 4.79 Å². The number of carbonyl (C=O) groups is 1. The predicted octanol–water partition coefficient (Wildman–Crippen LogP) is 3.40. The molecular formula is C14H13ClN2O2. The summed E-state index contributed by atoms with van der Waals surface area (Å²) in [6.07, 6.45) is 1.47. The zero-order chi connectivity index (χ0) is 13.8. The van der Waals surface area contributed by atoms with Crippen LogP contribution in [0.1, 0.15) is 28.6 Å². The van der Waals surface area contributed by atoms with Crippen molar-refractivity contribution in [1.82, 2.24) is 5.43 Å². The summed E-state index contributed by atoms with van der Waals surface area (Å²) in [5.41, 5.74) is 4.57. The van der Waals surface area contributed by atoms with Gasteiger partial charge in [0.25, 0.3) is 5.91 Å². The van der Waals surface area contributed by atoms with Crippen molar-refractivity contribution in [3.8, 4) is 0 Å². The summed E-state index contributed by atoms with van der Waals surface area (Å²) < 4.78 is 5.07. The third-order valence-electron chi connectivity index (χ3n) is 2.69. The number of rotatable bonds is 3. The number of nitrogens with one attached hydrogen (secondary N) is 1. The Labute approximate surface area is 116 Å². The molecule has 1 aromatic carbocycles. The highest BCUT2D eigenvalue weighted by Gasteiger charge is 2.10. The summed E-state index contributed by atoms with van der Waals surface area (Å²) in [7, 11) is 0. The van der Waals surface area contributed by atoms with Crippen molar-refractivity contribution < 1.29 is 9.21 Å². The molecule has 1 amide bonds. The fourth-order valence-corrected chi connectivity index (χ4v) is 1.70. The molecule has 0 radical (unpaired) electrons. The van der Waals surface area contributed by atoms with E-state index < -0.39 is 0 Å². The minimum absolute atomic E-state index is 0.292. The van der Waals surface area contributed by atoms with E-state index in [0.717, 1.165) is 5.56 Å².